The van der Waals surface area contributed by atoms with Crippen LogP contribution in [0.15, 0.2) is 30.3 Å². The summed E-state index contributed by atoms with van der Waals surface area (Å²) in [5, 5.41) is 12.8. The molecular formula is C18H23N3O4. The first-order valence-electron chi connectivity index (χ1n) is 8.66. The molecule has 7 heteroatoms. The summed E-state index contributed by atoms with van der Waals surface area (Å²) in [6.45, 7) is -0.0113. The molecule has 1 aromatic rings. The van der Waals surface area contributed by atoms with Gasteiger partial charge in [0.25, 0.3) is 5.91 Å². The predicted molar refractivity (Wildman–Crippen MR) is 90.4 cm³/mol. The van der Waals surface area contributed by atoms with Gasteiger partial charge in [0.2, 0.25) is 5.91 Å². The first-order chi connectivity index (χ1) is 12.1. The summed E-state index contributed by atoms with van der Waals surface area (Å²) < 4.78 is 0. The van der Waals surface area contributed by atoms with Crippen LogP contribution in [0.3, 0.4) is 0 Å². The molecule has 0 bridgehead atoms. The molecule has 2 N–H and O–H groups in total. The van der Waals surface area contributed by atoms with E-state index in [0.29, 0.717) is 13.0 Å². The molecule has 7 nitrogen and oxygen atoms in total. The van der Waals surface area contributed by atoms with E-state index in [9.17, 15) is 19.5 Å². The number of rotatable bonds is 5. The third-order valence-electron chi connectivity index (χ3n) is 4.84. The van der Waals surface area contributed by atoms with Gasteiger partial charge in [0, 0.05) is 6.54 Å². The molecule has 1 aliphatic carbocycles. The van der Waals surface area contributed by atoms with E-state index < -0.39 is 18.0 Å². The molecule has 1 aromatic carbocycles. The number of nitrogens with zero attached hydrogens (tertiary/aromatic N) is 2. The van der Waals surface area contributed by atoms with E-state index >= 15 is 0 Å². The van der Waals surface area contributed by atoms with Gasteiger partial charge in [0.15, 0.2) is 0 Å². The lowest BCUT2D eigenvalue weighted by atomic mass is 9.91. The van der Waals surface area contributed by atoms with Gasteiger partial charge in [0.05, 0.1) is 18.7 Å². The minimum absolute atomic E-state index is 0.0726. The van der Waals surface area contributed by atoms with Gasteiger partial charge in [-0.3, -0.25) is 14.5 Å². The lowest BCUT2D eigenvalue weighted by Crippen LogP contribution is -2.51. The Hall–Kier alpha value is -2.41. The average molecular weight is 345 g/mol. The number of amides is 4. The number of carbonyl (C=O) groups excluding carboxylic acids is 3. The summed E-state index contributed by atoms with van der Waals surface area (Å²) in [6.07, 6.45) is 2.69. The molecule has 1 aliphatic heterocycles. The van der Waals surface area contributed by atoms with Gasteiger partial charge in [-0.15, -0.1) is 0 Å². The summed E-state index contributed by atoms with van der Waals surface area (Å²) in [6, 6.07) is 8.70. The number of hydrogen-bond donors (Lipinski definition) is 2. The number of carbonyl (C=O) groups is 3. The van der Waals surface area contributed by atoms with E-state index in [1.807, 2.05) is 30.3 Å². The Morgan fingerprint density at radius 3 is 2.56 bits per heavy atom. The van der Waals surface area contributed by atoms with Gasteiger partial charge in [-0.2, -0.15) is 0 Å². The highest BCUT2D eigenvalue weighted by atomic mass is 16.3. The lowest BCUT2D eigenvalue weighted by molar-refractivity contribution is -0.141. The third kappa shape index (κ3) is 3.99. The molecule has 0 unspecified atom stereocenters. The van der Waals surface area contributed by atoms with Crippen LogP contribution in [0.25, 0.3) is 0 Å². The van der Waals surface area contributed by atoms with Crippen LogP contribution in [0, 0.1) is 0 Å². The SMILES string of the molecule is O=C1CNC(=O)N1CC(=O)N(Cc1ccccc1)[C@@H]1CCCC[C@H]1O. The van der Waals surface area contributed by atoms with E-state index in [1.165, 1.54) is 0 Å². The molecule has 134 valence electrons. The highest BCUT2D eigenvalue weighted by Gasteiger charge is 2.36. The number of aliphatic hydroxyl groups is 1. The van der Waals surface area contributed by atoms with Crippen LogP contribution in [0.2, 0.25) is 0 Å². The maximum atomic E-state index is 12.9. The van der Waals surface area contributed by atoms with Crippen LogP contribution >= 0.6 is 0 Å². The zero-order valence-corrected chi connectivity index (χ0v) is 14.1. The van der Waals surface area contributed by atoms with E-state index in [4.69, 9.17) is 0 Å². The second-order valence-corrected chi connectivity index (χ2v) is 6.56. The van der Waals surface area contributed by atoms with Crippen LogP contribution in [-0.4, -0.2) is 58.0 Å². The quantitative estimate of drug-likeness (QED) is 0.775. The maximum Gasteiger partial charge on any atom is 0.325 e. The van der Waals surface area contributed by atoms with E-state index in [-0.39, 0.29) is 25.0 Å². The van der Waals surface area contributed by atoms with Gasteiger partial charge in [-0.05, 0) is 18.4 Å². The molecule has 1 saturated heterocycles. The molecule has 4 amide bonds. The molecule has 1 heterocycles. The zero-order valence-electron chi connectivity index (χ0n) is 14.1. The predicted octanol–water partition coefficient (Wildman–Crippen LogP) is 0.870. The van der Waals surface area contributed by atoms with Crippen LogP contribution < -0.4 is 5.32 Å². The molecule has 3 rings (SSSR count). The number of imide groups is 1. The summed E-state index contributed by atoms with van der Waals surface area (Å²) in [7, 11) is 0. The van der Waals surface area contributed by atoms with E-state index in [2.05, 4.69) is 5.32 Å². The number of urea groups is 1. The Labute approximate surface area is 146 Å². The highest BCUT2D eigenvalue weighted by molar-refractivity contribution is 6.04. The van der Waals surface area contributed by atoms with Gasteiger partial charge in [-0.1, -0.05) is 43.2 Å². The Morgan fingerprint density at radius 1 is 1.20 bits per heavy atom. The maximum absolute atomic E-state index is 12.9. The Kier molecular flexibility index (Phi) is 5.33. The van der Waals surface area contributed by atoms with Crippen LogP contribution in [0.4, 0.5) is 4.79 Å². The summed E-state index contributed by atoms with van der Waals surface area (Å²) in [4.78, 5) is 38.9. The summed E-state index contributed by atoms with van der Waals surface area (Å²) in [5.74, 6) is -0.720. The minimum atomic E-state index is -0.579. The van der Waals surface area contributed by atoms with Crippen LogP contribution in [0.1, 0.15) is 31.2 Å². The molecule has 0 radical (unpaired) electrons. The van der Waals surface area contributed by atoms with Crippen molar-refractivity contribution in [2.24, 2.45) is 0 Å². The molecule has 2 fully saturated rings. The second-order valence-electron chi connectivity index (χ2n) is 6.56. The van der Waals surface area contributed by atoms with Crippen LogP contribution in [0.5, 0.6) is 0 Å². The highest BCUT2D eigenvalue weighted by Crippen LogP contribution is 2.25. The van der Waals surface area contributed by atoms with Gasteiger partial charge >= 0.3 is 6.03 Å². The Morgan fingerprint density at radius 2 is 1.92 bits per heavy atom. The van der Waals surface area contributed by atoms with E-state index in [0.717, 1.165) is 29.7 Å². The number of benzene rings is 1. The van der Waals surface area contributed by atoms with Crippen LogP contribution in [-0.2, 0) is 16.1 Å². The molecule has 1 saturated carbocycles. The standard InChI is InChI=1S/C18H23N3O4/c22-15-9-5-4-8-14(15)20(11-13-6-2-1-3-7-13)17(24)12-21-16(23)10-19-18(21)25/h1-3,6-7,14-15,22H,4-5,8-12H2,(H,19,25)/t14-,15-/m1/s1. The Balaban J connectivity index is 1.78. The first-order valence-corrected chi connectivity index (χ1v) is 8.66. The van der Waals surface area contributed by atoms with Crippen molar-refractivity contribution in [1.82, 2.24) is 15.1 Å². The molecule has 25 heavy (non-hydrogen) atoms. The number of hydrogen-bond acceptors (Lipinski definition) is 4. The second kappa shape index (κ2) is 7.65. The molecule has 2 aliphatic rings. The monoisotopic (exact) mass is 345 g/mol. The summed E-state index contributed by atoms with van der Waals surface area (Å²) >= 11 is 0. The largest absolute Gasteiger partial charge is 0.391 e. The fraction of sp³-hybridized carbons (Fsp3) is 0.500. The van der Waals surface area contributed by atoms with Crippen molar-refractivity contribution < 1.29 is 19.5 Å². The average Bonchev–Trinajstić information content (AvgIpc) is 2.93. The van der Waals surface area contributed by atoms with Gasteiger partial charge in [-0.25, -0.2) is 4.79 Å². The molecule has 0 aromatic heterocycles. The Bertz CT molecular complexity index is 633. The molecule has 0 spiro atoms. The molecular weight excluding hydrogens is 322 g/mol. The van der Waals surface area contributed by atoms with Crippen molar-refractivity contribution in [3.05, 3.63) is 35.9 Å². The van der Waals surface area contributed by atoms with Gasteiger partial charge < -0.3 is 15.3 Å². The fourth-order valence-electron chi connectivity index (χ4n) is 3.47. The smallest absolute Gasteiger partial charge is 0.325 e. The lowest BCUT2D eigenvalue weighted by Gasteiger charge is -2.38. The fourth-order valence-corrected chi connectivity index (χ4v) is 3.47. The number of nitrogens with one attached hydrogen (secondary N) is 1. The third-order valence-corrected chi connectivity index (χ3v) is 4.84. The van der Waals surface area contributed by atoms with Crippen molar-refractivity contribution in [1.29, 1.82) is 0 Å². The minimum Gasteiger partial charge on any atom is -0.391 e. The van der Waals surface area contributed by atoms with E-state index in [1.54, 1.807) is 4.90 Å². The topological polar surface area (TPSA) is 90.0 Å². The van der Waals surface area contributed by atoms with Gasteiger partial charge in [0.1, 0.15) is 6.54 Å². The van der Waals surface area contributed by atoms with Crippen molar-refractivity contribution >= 4 is 17.8 Å². The molecule has 2 atom stereocenters. The normalized spacial score (nSPS) is 23.5. The number of aliphatic hydroxyl groups excluding tert-OH is 1. The van der Waals surface area contributed by atoms with Crippen molar-refractivity contribution in [3.8, 4) is 0 Å². The summed E-state index contributed by atoms with van der Waals surface area (Å²) in [5.41, 5.74) is 0.950. The first kappa shape index (κ1) is 17.4. The van der Waals surface area contributed by atoms with Crippen molar-refractivity contribution in [2.45, 2.75) is 44.4 Å². The van der Waals surface area contributed by atoms with Crippen molar-refractivity contribution in [2.75, 3.05) is 13.1 Å². The zero-order chi connectivity index (χ0) is 17.8. The van der Waals surface area contributed by atoms with Crippen molar-refractivity contribution in [3.63, 3.8) is 0 Å².